The molecular weight excluding hydrogens is 408 g/mol. The maximum absolute atomic E-state index is 5.82. The van der Waals surface area contributed by atoms with Crippen molar-refractivity contribution in [3.05, 3.63) is 18.2 Å². The lowest BCUT2D eigenvalue weighted by molar-refractivity contribution is 0.0702. The van der Waals surface area contributed by atoms with Crippen LogP contribution in [0.25, 0.3) is 0 Å². The lowest BCUT2D eigenvalue weighted by Crippen LogP contribution is -2.32. The van der Waals surface area contributed by atoms with E-state index in [1.807, 2.05) is 18.2 Å². The van der Waals surface area contributed by atoms with Crippen molar-refractivity contribution in [2.24, 2.45) is 4.99 Å². The second-order valence-corrected chi connectivity index (χ2v) is 8.21. The normalized spacial score (nSPS) is 16.7. The molecule has 32 heavy (non-hydrogen) atoms. The van der Waals surface area contributed by atoms with Crippen molar-refractivity contribution in [3.63, 3.8) is 0 Å². The fourth-order valence-corrected chi connectivity index (χ4v) is 3.79. The molecule has 3 rings (SSSR count). The van der Waals surface area contributed by atoms with E-state index in [0.717, 1.165) is 49.0 Å². The van der Waals surface area contributed by atoms with Gasteiger partial charge in [0.15, 0.2) is 17.5 Å². The molecule has 2 aliphatic heterocycles. The molecule has 2 N–H and O–H groups in total. The molecule has 180 valence electrons. The first-order chi connectivity index (χ1) is 15.8. The van der Waals surface area contributed by atoms with Crippen LogP contribution >= 0.6 is 0 Å². The Labute approximate surface area is 192 Å². The van der Waals surface area contributed by atoms with E-state index >= 15 is 0 Å². The fourth-order valence-electron chi connectivity index (χ4n) is 3.79. The smallest absolute Gasteiger partial charge is 0.195 e. The number of nitrogens with one attached hydrogen (secondary N) is 2. The number of hydrogen-bond donors (Lipinski definition) is 2. The summed E-state index contributed by atoms with van der Waals surface area (Å²) in [6.45, 7) is 8.61. The number of guanidine groups is 1. The molecule has 8 heteroatoms. The van der Waals surface area contributed by atoms with E-state index in [4.69, 9.17) is 23.9 Å². The minimum Gasteiger partial charge on any atom is -0.490 e. The van der Waals surface area contributed by atoms with E-state index in [9.17, 15) is 0 Å². The Morgan fingerprint density at radius 1 is 1.00 bits per heavy atom. The Bertz CT molecular complexity index is 680. The molecule has 0 atom stereocenters. The average Bonchev–Trinajstić information content (AvgIpc) is 3.21. The molecule has 2 aliphatic rings. The molecule has 1 saturated heterocycles. The molecule has 0 spiro atoms. The van der Waals surface area contributed by atoms with Gasteiger partial charge in [-0.15, -0.1) is 0 Å². The molecule has 0 unspecified atom stereocenters. The molecule has 0 aromatic heterocycles. The van der Waals surface area contributed by atoms with E-state index in [1.165, 1.54) is 38.9 Å². The maximum atomic E-state index is 5.82. The van der Waals surface area contributed by atoms with Crippen LogP contribution in [-0.2, 0) is 9.47 Å². The highest BCUT2D eigenvalue weighted by Gasteiger charge is 2.12. The molecule has 0 amide bonds. The zero-order chi connectivity index (χ0) is 22.3. The lowest BCUT2D eigenvalue weighted by Gasteiger charge is -2.16. The highest BCUT2D eigenvalue weighted by Crippen LogP contribution is 2.32. The van der Waals surface area contributed by atoms with E-state index in [1.54, 1.807) is 7.11 Å². The van der Waals surface area contributed by atoms with Crippen LogP contribution in [0.4, 0.5) is 5.69 Å². The van der Waals surface area contributed by atoms with E-state index < -0.39 is 0 Å². The predicted molar refractivity (Wildman–Crippen MR) is 128 cm³/mol. The Morgan fingerprint density at radius 3 is 2.69 bits per heavy atom. The SMILES string of the molecule is COCCOCCCN=C(NCCCCN1CCCC1)Nc1ccc2c(c1)OCCCO2. The Morgan fingerprint density at radius 2 is 1.84 bits per heavy atom. The van der Waals surface area contributed by atoms with Crippen LogP contribution in [-0.4, -0.2) is 83.7 Å². The predicted octanol–water partition coefficient (Wildman–Crippen LogP) is 3.13. The zero-order valence-corrected chi connectivity index (χ0v) is 19.6. The minimum absolute atomic E-state index is 0.623. The molecule has 1 aromatic carbocycles. The summed E-state index contributed by atoms with van der Waals surface area (Å²) in [6, 6.07) is 5.95. The topological polar surface area (TPSA) is 76.6 Å². The number of nitrogens with zero attached hydrogens (tertiary/aromatic N) is 2. The number of aliphatic imine (C=N–C) groups is 1. The van der Waals surface area contributed by atoms with Gasteiger partial charge in [-0.3, -0.25) is 4.99 Å². The van der Waals surface area contributed by atoms with Crippen molar-refractivity contribution < 1.29 is 18.9 Å². The summed E-state index contributed by atoms with van der Waals surface area (Å²) in [5.74, 6) is 2.37. The number of fused-ring (bicyclic) bond motifs is 1. The van der Waals surface area contributed by atoms with Crippen LogP contribution in [0, 0.1) is 0 Å². The van der Waals surface area contributed by atoms with Gasteiger partial charge in [0.05, 0.1) is 26.4 Å². The summed E-state index contributed by atoms with van der Waals surface area (Å²) < 4.78 is 22.1. The van der Waals surface area contributed by atoms with Gasteiger partial charge in [0.25, 0.3) is 0 Å². The highest BCUT2D eigenvalue weighted by atomic mass is 16.5. The van der Waals surface area contributed by atoms with Crippen LogP contribution in [0.2, 0.25) is 0 Å². The van der Waals surface area contributed by atoms with Crippen LogP contribution in [0.3, 0.4) is 0 Å². The second kappa shape index (κ2) is 14.9. The minimum atomic E-state index is 0.623. The number of benzene rings is 1. The van der Waals surface area contributed by atoms with E-state index in [0.29, 0.717) is 39.6 Å². The standard InChI is InChI=1S/C24H40N4O4/c1-29-18-19-30-15-6-11-26-24(25-10-2-3-12-28-13-4-5-14-28)27-21-8-9-22-23(20-21)32-17-7-16-31-22/h8-9,20H,2-7,10-19H2,1H3,(H2,25,26,27). The summed E-state index contributed by atoms with van der Waals surface area (Å²) in [6.07, 6.45) is 6.80. The summed E-state index contributed by atoms with van der Waals surface area (Å²) in [7, 11) is 1.68. The third-order valence-corrected chi connectivity index (χ3v) is 5.55. The van der Waals surface area contributed by atoms with Gasteiger partial charge in [-0.2, -0.15) is 0 Å². The first kappa shape index (κ1) is 24.6. The van der Waals surface area contributed by atoms with Gasteiger partial charge in [-0.1, -0.05) is 0 Å². The van der Waals surface area contributed by atoms with Crippen molar-refractivity contribution in [1.82, 2.24) is 10.2 Å². The Balaban J connectivity index is 1.47. The quantitative estimate of drug-likeness (QED) is 0.273. The number of unbranched alkanes of at least 4 members (excludes halogenated alkanes) is 1. The molecule has 0 bridgehead atoms. The van der Waals surface area contributed by atoms with Crippen molar-refractivity contribution in [2.45, 2.75) is 38.5 Å². The van der Waals surface area contributed by atoms with Gasteiger partial charge in [-0.25, -0.2) is 0 Å². The third kappa shape index (κ3) is 9.22. The third-order valence-electron chi connectivity index (χ3n) is 5.55. The van der Waals surface area contributed by atoms with Gasteiger partial charge < -0.3 is 34.5 Å². The number of hydrogen-bond acceptors (Lipinski definition) is 6. The van der Waals surface area contributed by atoms with Crippen LogP contribution in [0.15, 0.2) is 23.2 Å². The van der Waals surface area contributed by atoms with Crippen molar-refractivity contribution in [3.8, 4) is 11.5 Å². The Kier molecular flexibility index (Phi) is 11.5. The van der Waals surface area contributed by atoms with Crippen LogP contribution in [0.5, 0.6) is 11.5 Å². The first-order valence-corrected chi connectivity index (χ1v) is 12.1. The van der Waals surface area contributed by atoms with Gasteiger partial charge >= 0.3 is 0 Å². The van der Waals surface area contributed by atoms with Gasteiger partial charge in [0, 0.05) is 45.0 Å². The second-order valence-electron chi connectivity index (χ2n) is 8.21. The van der Waals surface area contributed by atoms with Crippen LogP contribution in [0.1, 0.15) is 38.5 Å². The molecule has 2 heterocycles. The molecule has 0 aliphatic carbocycles. The van der Waals surface area contributed by atoms with Gasteiger partial charge in [0.2, 0.25) is 0 Å². The average molecular weight is 449 g/mol. The van der Waals surface area contributed by atoms with E-state index in [-0.39, 0.29) is 0 Å². The van der Waals surface area contributed by atoms with Gasteiger partial charge in [-0.05, 0) is 63.9 Å². The molecule has 0 radical (unpaired) electrons. The summed E-state index contributed by atoms with van der Waals surface area (Å²) >= 11 is 0. The summed E-state index contributed by atoms with van der Waals surface area (Å²) in [4.78, 5) is 7.31. The van der Waals surface area contributed by atoms with Crippen molar-refractivity contribution >= 4 is 11.6 Å². The lowest BCUT2D eigenvalue weighted by atomic mass is 10.2. The van der Waals surface area contributed by atoms with Crippen molar-refractivity contribution in [2.75, 3.05) is 78.2 Å². The number of anilines is 1. The molecule has 1 aromatic rings. The number of likely N-dealkylation sites (tertiary alicyclic amines) is 1. The number of rotatable bonds is 13. The van der Waals surface area contributed by atoms with Gasteiger partial charge in [0.1, 0.15) is 0 Å². The zero-order valence-electron chi connectivity index (χ0n) is 19.6. The first-order valence-electron chi connectivity index (χ1n) is 12.1. The summed E-state index contributed by atoms with van der Waals surface area (Å²) in [5, 5.41) is 6.91. The molecule has 8 nitrogen and oxygen atoms in total. The maximum Gasteiger partial charge on any atom is 0.195 e. The van der Waals surface area contributed by atoms with Crippen molar-refractivity contribution in [1.29, 1.82) is 0 Å². The van der Waals surface area contributed by atoms with Crippen LogP contribution < -0.4 is 20.1 Å². The largest absolute Gasteiger partial charge is 0.490 e. The highest BCUT2D eigenvalue weighted by molar-refractivity contribution is 5.93. The Hall–Kier alpha value is -2.03. The number of ether oxygens (including phenoxy) is 4. The molecular formula is C24H40N4O4. The molecule has 1 fully saturated rings. The molecule has 0 saturated carbocycles. The summed E-state index contributed by atoms with van der Waals surface area (Å²) in [5.41, 5.74) is 0.939. The number of methoxy groups -OCH3 is 1. The fraction of sp³-hybridized carbons (Fsp3) is 0.708. The monoisotopic (exact) mass is 448 g/mol. The van der Waals surface area contributed by atoms with E-state index in [2.05, 4.69) is 15.5 Å².